The standard InChI is InChI=1S/C22H25F3N2O2/c1-2-29-20-5-3-4-16(14-20)15-27-12-10-17(11-13-27)21(28)26-19-8-6-18(7-9-19)22(23,24)25/h3-9,14,17H,2,10-13,15H2,1H3,(H,26,28). The number of hydrogen-bond acceptors (Lipinski definition) is 3. The van der Waals surface area contributed by atoms with Crippen molar-refractivity contribution < 1.29 is 22.7 Å². The van der Waals surface area contributed by atoms with Gasteiger partial charge in [-0.1, -0.05) is 12.1 Å². The van der Waals surface area contributed by atoms with E-state index in [2.05, 4.69) is 16.3 Å². The SMILES string of the molecule is CCOc1cccc(CN2CCC(C(=O)Nc3ccc(C(F)(F)F)cc3)CC2)c1. The highest BCUT2D eigenvalue weighted by Crippen LogP contribution is 2.30. The highest BCUT2D eigenvalue weighted by Gasteiger charge is 2.30. The fourth-order valence-corrected chi connectivity index (χ4v) is 3.50. The molecule has 1 heterocycles. The quantitative estimate of drug-likeness (QED) is 0.738. The summed E-state index contributed by atoms with van der Waals surface area (Å²) in [6.45, 7) is 4.97. The molecule has 0 aromatic heterocycles. The molecule has 0 spiro atoms. The average Bonchev–Trinajstić information content (AvgIpc) is 2.69. The molecule has 2 aromatic rings. The fraction of sp³-hybridized carbons (Fsp3) is 0.409. The number of benzene rings is 2. The maximum Gasteiger partial charge on any atom is 0.416 e. The van der Waals surface area contributed by atoms with Gasteiger partial charge in [0.05, 0.1) is 12.2 Å². The lowest BCUT2D eigenvalue weighted by Gasteiger charge is -2.31. The van der Waals surface area contributed by atoms with Gasteiger partial charge in [-0.15, -0.1) is 0 Å². The minimum atomic E-state index is -4.38. The summed E-state index contributed by atoms with van der Waals surface area (Å²) in [5, 5.41) is 2.73. The molecule has 0 aliphatic carbocycles. The first kappa shape index (κ1) is 21.2. The molecule has 1 amide bonds. The number of halogens is 3. The normalized spacial score (nSPS) is 15.9. The number of hydrogen-bond donors (Lipinski definition) is 1. The minimum Gasteiger partial charge on any atom is -0.494 e. The van der Waals surface area contributed by atoms with Crippen molar-refractivity contribution in [2.75, 3.05) is 25.0 Å². The van der Waals surface area contributed by atoms with Crippen LogP contribution in [0.1, 0.15) is 30.9 Å². The lowest BCUT2D eigenvalue weighted by Crippen LogP contribution is -2.37. The Hall–Kier alpha value is -2.54. The van der Waals surface area contributed by atoms with Crippen LogP contribution in [0.5, 0.6) is 5.75 Å². The number of nitrogens with one attached hydrogen (secondary N) is 1. The first-order valence-corrected chi connectivity index (χ1v) is 9.77. The third-order valence-corrected chi connectivity index (χ3v) is 5.05. The minimum absolute atomic E-state index is 0.136. The van der Waals surface area contributed by atoms with Crippen molar-refractivity contribution in [2.24, 2.45) is 5.92 Å². The number of carbonyl (C=O) groups is 1. The summed E-state index contributed by atoms with van der Waals surface area (Å²) in [6, 6.07) is 12.6. The predicted octanol–water partition coefficient (Wildman–Crippen LogP) is 4.95. The molecule has 2 aromatic carbocycles. The summed E-state index contributed by atoms with van der Waals surface area (Å²) < 4.78 is 43.4. The summed E-state index contributed by atoms with van der Waals surface area (Å²) in [5.74, 6) is 0.585. The number of carbonyl (C=O) groups excluding carboxylic acids is 1. The predicted molar refractivity (Wildman–Crippen MR) is 106 cm³/mol. The van der Waals surface area contributed by atoms with Gasteiger partial charge >= 0.3 is 6.18 Å². The van der Waals surface area contributed by atoms with Gasteiger partial charge in [-0.25, -0.2) is 0 Å². The number of amides is 1. The summed E-state index contributed by atoms with van der Waals surface area (Å²) in [6.07, 6.45) is -2.94. The number of piperidine rings is 1. The van der Waals surface area contributed by atoms with Crippen molar-refractivity contribution in [3.8, 4) is 5.75 Å². The van der Waals surface area contributed by atoms with Gasteiger partial charge in [-0.05, 0) is 74.8 Å². The highest BCUT2D eigenvalue weighted by molar-refractivity contribution is 5.92. The van der Waals surface area contributed by atoms with Crippen LogP contribution in [0.15, 0.2) is 48.5 Å². The van der Waals surface area contributed by atoms with Crippen LogP contribution in [0.25, 0.3) is 0 Å². The van der Waals surface area contributed by atoms with E-state index < -0.39 is 11.7 Å². The number of alkyl halides is 3. The van der Waals surface area contributed by atoms with E-state index in [1.165, 1.54) is 17.7 Å². The van der Waals surface area contributed by atoms with Gasteiger partial charge in [0.25, 0.3) is 0 Å². The third kappa shape index (κ3) is 5.97. The van der Waals surface area contributed by atoms with Crippen LogP contribution in [0, 0.1) is 5.92 Å². The molecular weight excluding hydrogens is 381 g/mol. The fourth-order valence-electron chi connectivity index (χ4n) is 3.50. The van der Waals surface area contributed by atoms with Crippen LogP contribution >= 0.6 is 0 Å². The third-order valence-electron chi connectivity index (χ3n) is 5.05. The van der Waals surface area contributed by atoms with E-state index in [9.17, 15) is 18.0 Å². The maximum absolute atomic E-state index is 12.6. The van der Waals surface area contributed by atoms with E-state index in [0.717, 1.165) is 50.4 Å². The van der Waals surface area contributed by atoms with Crippen LogP contribution in [-0.4, -0.2) is 30.5 Å². The first-order valence-electron chi connectivity index (χ1n) is 9.77. The smallest absolute Gasteiger partial charge is 0.416 e. The van der Waals surface area contributed by atoms with Crippen molar-refractivity contribution in [3.05, 3.63) is 59.7 Å². The molecule has 7 heteroatoms. The van der Waals surface area contributed by atoms with Gasteiger partial charge in [0.2, 0.25) is 5.91 Å². The van der Waals surface area contributed by atoms with Crippen LogP contribution in [0.4, 0.5) is 18.9 Å². The van der Waals surface area contributed by atoms with Crippen molar-refractivity contribution >= 4 is 11.6 Å². The number of likely N-dealkylation sites (tertiary alicyclic amines) is 1. The number of nitrogens with zero attached hydrogens (tertiary/aromatic N) is 1. The summed E-state index contributed by atoms with van der Waals surface area (Å²) in [5.41, 5.74) is 0.832. The Balaban J connectivity index is 1.48. The Kier molecular flexibility index (Phi) is 6.79. The van der Waals surface area contributed by atoms with Gasteiger partial charge in [-0.3, -0.25) is 9.69 Å². The van der Waals surface area contributed by atoms with E-state index in [-0.39, 0.29) is 11.8 Å². The second-order valence-electron chi connectivity index (χ2n) is 7.20. The van der Waals surface area contributed by atoms with Gasteiger partial charge in [0.1, 0.15) is 5.75 Å². The number of ether oxygens (including phenoxy) is 1. The van der Waals surface area contributed by atoms with Gasteiger partial charge in [0, 0.05) is 18.2 Å². The molecule has 3 rings (SSSR count). The van der Waals surface area contributed by atoms with Gasteiger partial charge in [-0.2, -0.15) is 13.2 Å². The molecule has 1 aliphatic rings. The number of anilines is 1. The first-order chi connectivity index (χ1) is 13.8. The summed E-state index contributed by atoms with van der Waals surface area (Å²) >= 11 is 0. The molecule has 0 saturated carbocycles. The average molecular weight is 406 g/mol. The maximum atomic E-state index is 12.6. The van der Waals surface area contributed by atoms with E-state index >= 15 is 0 Å². The zero-order valence-corrected chi connectivity index (χ0v) is 16.3. The molecule has 1 fully saturated rings. The molecule has 0 atom stereocenters. The molecule has 1 N–H and O–H groups in total. The van der Waals surface area contributed by atoms with Gasteiger partial charge in [0.15, 0.2) is 0 Å². The van der Waals surface area contributed by atoms with Crippen LogP contribution in [0.2, 0.25) is 0 Å². The van der Waals surface area contributed by atoms with Crippen LogP contribution in [0.3, 0.4) is 0 Å². The van der Waals surface area contributed by atoms with E-state index in [1.54, 1.807) is 0 Å². The Morgan fingerprint density at radius 1 is 1.14 bits per heavy atom. The Labute approximate surface area is 168 Å². The molecular formula is C22H25F3N2O2. The molecule has 1 aliphatic heterocycles. The zero-order valence-electron chi connectivity index (χ0n) is 16.3. The molecule has 1 saturated heterocycles. The monoisotopic (exact) mass is 406 g/mol. The Bertz CT molecular complexity index is 814. The van der Waals surface area contributed by atoms with Crippen molar-refractivity contribution in [1.82, 2.24) is 4.90 Å². The van der Waals surface area contributed by atoms with Crippen molar-refractivity contribution in [3.63, 3.8) is 0 Å². The molecule has 0 unspecified atom stereocenters. The highest BCUT2D eigenvalue weighted by atomic mass is 19.4. The Morgan fingerprint density at radius 3 is 2.45 bits per heavy atom. The lowest BCUT2D eigenvalue weighted by atomic mass is 9.95. The Morgan fingerprint density at radius 2 is 1.83 bits per heavy atom. The second-order valence-corrected chi connectivity index (χ2v) is 7.20. The van der Waals surface area contributed by atoms with Crippen LogP contribution in [-0.2, 0) is 17.5 Å². The number of rotatable bonds is 6. The molecule has 156 valence electrons. The summed E-state index contributed by atoms with van der Waals surface area (Å²) in [7, 11) is 0. The van der Waals surface area contributed by atoms with Crippen molar-refractivity contribution in [2.45, 2.75) is 32.5 Å². The zero-order chi connectivity index (χ0) is 20.9. The van der Waals surface area contributed by atoms with E-state index in [0.29, 0.717) is 12.3 Å². The van der Waals surface area contributed by atoms with Crippen LogP contribution < -0.4 is 10.1 Å². The molecule has 29 heavy (non-hydrogen) atoms. The van der Waals surface area contributed by atoms with Crippen molar-refractivity contribution in [1.29, 1.82) is 0 Å². The largest absolute Gasteiger partial charge is 0.494 e. The van der Waals surface area contributed by atoms with E-state index in [1.807, 2.05) is 25.1 Å². The van der Waals surface area contributed by atoms with E-state index in [4.69, 9.17) is 4.74 Å². The molecule has 0 radical (unpaired) electrons. The summed E-state index contributed by atoms with van der Waals surface area (Å²) in [4.78, 5) is 14.8. The van der Waals surface area contributed by atoms with Gasteiger partial charge < -0.3 is 10.1 Å². The topological polar surface area (TPSA) is 41.6 Å². The molecule has 0 bridgehead atoms. The second kappa shape index (κ2) is 9.31. The lowest BCUT2D eigenvalue weighted by molar-refractivity contribution is -0.137. The molecule has 4 nitrogen and oxygen atoms in total.